The smallest absolute Gasteiger partial charge is 0.258 e. The summed E-state index contributed by atoms with van der Waals surface area (Å²) in [5.41, 5.74) is 3.79. The normalized spacial score (nSPS) is 12.5. The third-order valence-electron chi connectivity index (χ3n) is 7.81. The first-order valence-corrected chi connectivity index (χ1v) is 17.5. The van der Waals surface area contributed by atoms with Crippen LogP contribution in [0, 0.1) is 0 Å². The van der Waals surface area contributed by atoms with Crippen molar-refractivity contribution in [3.8, 4) is 17.2 Å². The number of aromatic nitrogens is 1. The standard InChI is InChI=1S/C35H41NO4SSi/c1-24(2)42(25(3)4,26(5)6)40-30-14-12-28(13-15-30)34(38)35(29-18-20-36-21-19-29)41-33-22-31(16-17-32(33)37)39-23-27-10-8-7-9-11-27/h7-22,24-26,35,37H,23H2,1-6H3. The lowest BCUT2D eigenvalue weighted by atomic mass is 10.0. The van der Waals surface area contributed by atoms with E-state index in [9.17, 15) is 9.90 Å². The van der Waals surface area contributed by atoms with Crippen LogP contribution in [0.3, 0.4) is 0 Å². The van der Waals surface area contributed by atoms with E-state index in [2.05, 4.69) is 46.5 Å². The molecule has 4 aromatic rings. The molecule has 5 nitrogen and oxygen atoms in total. The number of phenolic OH excluding ortho intramolecular Hbond substituents is 1. The predicted molar refractivity (Wildman–Crippen MR) is 174 cm³/mol. The van der Waals surface area contributed by atoms with Crippen molar-refractivity contribution in [2.45, 2.75) is 74.9 Å². The molecule has 0 radical (unpaired) electrons. The van der Waals surface area contributed by atoms with Crippen LogP contribution in [0.1, 0.15) is 68.3 Å². The van der Waals surface area contributed by atoms with Crippen LogP contribution in [-0.2, 0) is 6.61 Å². The van der Waals surface area contributed by atoms with Crippen molar-refractivity contribution in [3.63, 3.8) is 0 Å². The van der Waals surface area contributed by atoms with Gasteiger partial charge in [-0.1, -0.05) is 71.9 Å². The molecule has 0 fully saturated rings. The summed E-state index contributed by atoms with van der Waals surface area (Å²) < 4.78 is 12.8. The maximum absolute atomic E-state index is 14.0. The van der Waals surface area contributed by atoms with Crippen LogP contribution < -0.4 is 9.16 Å². The zero-order valence-corrected chi connectivity index (χ0v) is 27.1. The number of thioether (sulfide) groups is 1. The van der Waals surface area contributed by atoms with E-state index in [-0.39, 0.29) is 11.5 Å². The molecule has 0 aliphatic heterocycles. The minimum absolute atomic E-state index is 0.0622. The predicted octanol–water partition coefficient (Wildman–Crippen LogP) is 9.64. The van der Waals surface area contributed by atoms with Crippen LogP contribution in [0.4, 0.5) is 0 Å². The monoisotopic (exact) mass is 599 g/mol. The first-order valence-electron chi connectivity index (χ1n) is 14.5. The molecule has 1 aromatic heterocycles. The Bertz CT molecular complexity index is 1420. The second kappa shape index (κ2) is 14.1. The Balaban J connectivity index is 1.58. The van der Waals surface area contributed by atoms with E-state index in [0.29, 0.717) is 39.4 Å². The fourth-order valence-corrected chi connectivity index (χ4v) is 12.2. The largest absolute Gasteiger partial charge is 0.543 e. The molecule has 0 saturated carbocycles. The Morgan fingerprint density at radius 2 is 1.40 bits per heavy atom. The molecule has 0 saturated heterocycles. The molecule has 1 atom stereocenters. The fourth-order valence-electron chi connectivity index (χ4n) is 5.75. The van der Waals surface area contributed by atoms with Gasteiger partial charge in [0.05, 0.1) is 10.1 Å². The maximum atomic E-state index is 14.0. The highest BCUT2D eigenvalue weighted by atomic mass is 32.2. The Hall–Kier alpha value is -3.55. The molecular formula is C35H41NO4SSi. The summed E-state index contributed by atoms with van der Waals surface area (Å²) in [7, 11) is -2.11. The minimum Gasteiger partial charge on any atom is -0.543 e. The zero-order valence-electron chi connectivity index (χ0n) is 25.3. The summed E-state index contributed by atoms with van der Waals surface area (Å²) in [6.07, 6.45) is 3.36. The molecule has 4 rings (SSSR count). The van der Waals surface area contributed by atoms with E-state index < -0.39 is 13.6 Å². The number of phenols is 1. The number of Topliss-reactive ketones (excluding diaryl/α,β-unsaturated/α-hetero) is 1. The van der Waals surface area contributed by atoms with Gasteiger partial charge in [0.25, 0.3) is 8.32 Å². The maximum Gasteiger partial charge on any atom is 0.258 e. The van der Waals surface area contributed by atoms with E-state index in [1.165, 1.54) is 11.8 Å². The number of ketones is 1. The number of ether oxygens (including phenoxy) is 1. The van der Waals surface area contributed by atoms with E-state index >= 15 is 0 Å². The van der Waals surface area contributed by atoms with Crippen LogP contribution in [0.25, 0.3) is 0 Å². The number of carbonyl (C=O) groups excluding carboxylic acids is 1. The number of pyridine rings is 1. The molecule has 0 bridgehead atoms. The first-order chi connectivity index (χ1) is 20.1. The molecule has 3 aromatic carbocycles. The van der Waals surface area contributed by atoms with Crippen molar-refractivity contribution >= 4 is 25.9 Å². The third kappa shape index (κ3) is 7.26. The third-order valence-corrected chi connectivity index (χ3v) is 15.1. The van der Waals surface area contributed by atoms with Crippen molar-refractivity contribution in [1.82, 2.24) is 4.98 Å². The molecule has 0 spiro atoms. The van der Waals surface area contributed by atoms with Gasteiger partial charge in [-0.15, -0.1) is 11.8 Å². The average molecular weight is 600 g/mol. The summed E-state index contributed by atoms with van der Waals surface area (Å²) in [4.78, 5) is 18.7. The summed E-state index contributed by atoms with van der Waals surface area (Å²) in [5, 5.41) is 10.1. The zero-order chi connectivity index (χ0) is 30.3. The van der Waals surface area contributed by atoms with E-state index in [1.54, 1.807) is 30.6 Å². The minimum atomic E-state index is -2.11. The SMILES string of the molecule is CC(C)[Si](Oc1ccc(C(=O)C(Sc2cc(OCc3ccccc3)ccc2O)c2ccncc2)cc1)(C(C)C)C(C)C. The lowest BCUT2D eigenvalue weighted by Gasteiger charge is -2.42. The molecular weight excluding hydrogens is 559 g/mol. The van der Waals surface area contributed by atoms with Gasteiger partial charge in [-0.05, 0) is 82.3 Å². The topological polar surface area (TPSA) is 68.7 Å². The van der Waals surface area contributed by atoms with Crippen LogP contribution in [0.15, 0.2) is 102 Å². The Labute approximate surface area is 255 Å². The van der Waals surface area contributed by atoms with E-state index in [0.717, 1.165) is 16.9 Å². The van der Waals surface area contributed by atoms with Gasteiger partial charge in [-0.3, -0.25) is 9.78 Å². The van der Waals surface area contributed by atoms with Crippen LogP contribution in [0.5, 0.6) is 17.2 Å². The Morgan fingerprint density at radius 1 is 0.810 bits per heavy atom. The quantitative estimate of drug-likeness (QED) is 0.0937. The Morgan fingerprint density at radius 3 is 2.00 bits per heavy atom. The molecule has 7 heteroatoms. The molecule has 0 aliphatic rings. The fraction of sp³-hybridized carbons (Fsp3) is 0.314. The summed E-state index contributed by atoms with van der Waals surface area (Å²) in [6.45, 7) is 14.0. The van der Waals surface area contributed by atoms with Crippen molar-refractivity contribution < 1.29 is 19.1 Å². The molecule has 1 N–H and O–H groups in total. The number of benzene rings is 3. The molecule has 1 unspecified atom stereocenters. The molecule has 1 heterocycles. The highest BCUT2D eigenvalue weighted by molar-refractivity contribution is 8.00. The lowest BCUT2D eigenvalue weighted by Crippen LogP contribution is -2.50. The highest BCUT2D eigenvalue weighted by Gasteiger charge is 2.47. The first kappa shape index (κ1) is 31.4. The van der Waals surface area contributed by atoms with Crippen molar-refractivity contribution in [1.29, 1.82) is 0 Å². The van der Waals surface area contributed by atoms with Crippen LogP contribution in [-0.4, -0.2) is 24.2 Å². The number of nitrogens with zero attached hydrogens (tertiary/aromatic N) is 1. The van der Waals surface area contributed by atoms with Crippen molar-refractivity contribution in [3.05, 3.63) is 114 Å². The highest BCUT2D eigenvalue weighted by Crippen LogP contribution is 2.44. The lowest BCUT2D eigenvalue weighted by molar-refractivity contribution is 0.0989. The van der Waals surface area contributed by atoms with Gasteiger partial charge in [0.2, 0.25) is 0 Å². The molecule has 0 aliphatic carbocycles. The van der Waals surface area contributed by atoms with Gasteiger partial charge in [-0.2, -0.15) is 0 Å². The van der Waals surface area contributed by atoms with Crippen LogP contribution >= 0.6 is 11.8 Å². The second-order valence-corrected chi connectivity index (χ2v) is 18.0. The average Bonchev–Trinajstić information content (AvgIpc) is 2.99. The molecule has 220 valence electrons. The molecule has 42 heavy (non-hydrogen) atoms. The summed E-state index contributed by atoms with van der Waals surface area (Å²) >= 11 is 1.30. The van der Waals surface area contributed by atoms with Gasteiger partial charge in [0, 0.05) is 18.0 Å². The van der Waals surface area contributed by atoms with Gasteiger partial charge < -0.3 is 14.3 Å². The number of carbonyl (C=O) groups is 1. The Kier molecular flexibility index (Phi) is 10.5. The number of hydrogen-bond donors (Lipinski definition) is 1. The van der Waals surface area contributed by atoms with Gasteiger partial charge >= 0.3 is 0 Å². The van der Waals surface area contributed by atoms with E-state index in [1.807, 2.05) is 66.7 Å². The van der Waals surface area contributed by atoms with E-state index in [4.69, 9.17) is 9.16 Å². The van der Waals surface area contributed by atoms with Crippen LogP contribution in [0.2, 0.25) is 16.6 Å². The summed E-state index contributed by atoms with van der Waals surface area (Å²) in [6, 6.07) is 26.3. The number of rotatable bonds is 13. The second-order valence-electron chi connectivity index (χ2n) is 11.5. The summed E-state index contributed by atoms with van der Waals surface area (Å²) in [5.74, 6) is 1.46. The molecule has 0 amide bonds. The van der Waals surface area contributed by atoms with Gasteiger partial charge in [0.1, 0.15) is 23.9 Å². The van der Waals surface area contributed by atoms with Gasteiger partial charge in [0.15, 0.2) is 5.78 Å². The van der Waals surface area contributed by atoms with Gasteiger partial charge in [-0.25, -0.2) is 0 Å². The number of aromatic hydroxyl groups is 1. The van der Waals surface area contributed by atoms with Crippen molar-refractivity contribution in [2.75, 3.05) is 0 Å². The number of hydrogen-bond acceptors (Lipinski definition) is 6. The van der Waals surface area contributed by atoms with Crippen molar-refractivity contribution in [2.24, 2.45) is 0 Å².